The van der Waals surface area contributed by atoms with E-state index in [-0.39, 0.29) is 5.97 Å². The maximum atomic E-state index is 12.2. The van der Waals surface area contributed by atoms with Crippen LogP contribution in [-0.4, -0.2) is 19.1 Å². The van der Waals surface area contributed by atoms with E-state index in [1.54, 1.807) is 38.1 Å². The highest BCUT2D eigenvalue weighted by Gasteiger charge is 2.36. The van der Waals surface area contributed by atoms with Gasteiger partial charge in [0.25, 0.3) is 0 Å². The molecule has 0 amide bonds. The van der Waals surface area contributed by atoms with Crippen molar-refractivity contribution in [3.63, 3.8) is 0 Å². The highest BCUT2D eigenvalue weighted by Crippen LogP contribution is 2.29. The zero-order valence-electron chi connectivity index (χ0n) is 11.0. The molecule has 1 N–H and O–H groups in total. The first kappa shape index (κ1) is 16.0. The van der Waals surface area contributed by atoms with Gasteiger partial charge in [-0.1, -0.05) is 35.3 Å². The summed E-state index contributed by atoms with van der Waals surface area (Å²) in [6.45, 7) is 7.92. The zero-order valence-corrected chi connectivity index (χ0v) is 12.5. The number of hydrogen-bond donors (Lipinski definition) is 1. The second-order valence-electron chi connectivity index (χ2n) is 4.14. The predicted octanol–water partition coefficient (Wildman–Crippen LogP) is 3.55. The summed E-state index contributed by atoms with van der Waals surface area (Å²) in [4.78, 5) is 12.2. The molecule has 5 heteroatoms. The van der Waals surface area contributed by atoms with E-state index in [0.717, 1.165) is 0 Å². The number of esters is 1. The van der Waals surface area contributed by atoms with Crippen LogP contribution in [0, 0.1) is 0 Å². The van der Waals surface area contributed by atoms with Crippen molar-refractivity contribution in [1.29, 1.82) is 0 Å². The van der Waals surface area contributed by atoms with Crippen LogP contribution in [0.25, 0.3) is 0 Å². The molecule has 104 valence electrons. The van der Waals surface area contributed by atoms with Crippen molar-refractivity contribution in [3.8, 4) is 0 Å². The molecule has 0 saturated heterocycles. The summed E-state index contributed by atoms with van der Waals surface area (Å²) < 4.78 is 5.12. The minimum absolute atomic E-state index is 0.311. The van der Waals surface area contributed by atoms with Gasteiger partial charge in [-0.15, -0.1) is 6.58 Å². The van der Waals surface area contributed by atoms with Gasteiger partial charge < -0.3 is 4.74 Å². The monoisotopic (exact) mass is 301 g/mol. The summed E-state index contributed by atoms with van der Waals surface area (Å²) in [6, 6.07) is 5.07. The van der Waals surface area contributed by atoms with Gasteiger partial charge in [-0.05, 0) is 31.5 Å². The van der Waals surface area contributed by atoms with Crippen molar-refractivity contribution in [3.05, 3.63) is 46.5 Å². The van der Waals surface area contributed by atoms with Crippen molar-refractivity contribution in [2.45, 2.75) is 19.4 Å². The molecule has 0 heterocycles. The lowest BCUT2D eigenvalue weighted by molar-refractivity contribution is -0.150. The van der Waals surface area contributed by atoms with Crippen LogP contribution in [-0.2, 0) is 15.1 Å². The lowest BCUT2D eigenvalue weighted by Gasteiger charge is -2.29. The fourth-order valence-electron chi connectivity index (χ4n) is 1.65. The van der Waals surface area contributed by atoms with E-state index in [9.17, 15) is 4.79 Å². The Kier molecular flexibility index (Phi) is 5.85. The zero-order chi connectivity index (χ0) is 14.5. The van der Waals surface area contributed by atoms with Gasteiger partial charge in [0.15, 0.2) is 0 Å². The number of rotatable bonds is 6. The second-order valence-corrected chi connectivity index (χ2v) is 4.96. The molecule has 1 aromatic carbocycles. The Hall–Kier alpha value is -1.03. The number of carbonyl (C=O) groups excluding carboxylic acids is 1. The van der Waals surface area contributed by atoms with Crippen LogP contribution in [0.5, 0.6) is 0 Å². The molecule has 1 unspecified atom stereocenters. The molecule has 0 aliphatic carbocycles. The maximum absolute atomic E-state index is 12.2. The summed E-state index contributed by atoms with van der Waals surface area (Å²) in [5.74, 6) is -0.366. The van der Waals surface area contributed by atoms with E-state index < -0.39 is 5.54 Å². The highest BCUT2D eigenvalue weighted by atomic mass is 35.5. The van der Waals surface area contributed by atoms with Crippen LogP contribution in [0.15, 0.2) is 30.9 Å². The first-order chi connectivity index (χ1) is 8.95. The summed E-state index contributed by atoms with van der Waals surface area (Å²) in [6.07, 6.45) is 1.68. The first-order valence-electron chi connectivity index (χ1n) is 5.94. The lowest BCUT2D eigenvalue weighted by Crippen LogP contribution is -2.47. The first-order valence-corrected chi connectivity index (χ1v) is 6.70. The normalized spacial score (nSPS) is 13.7. The molecule has 3 nitrogen and oxygen atoms in total. The Morgan fingerprint density at radius 2 is 2.16 bits per heavy atom. The number of ether oxygens (including phenoxy) is 1. The van der Waals surface area contributed by atoms with Gasteiger partial charge in [0.2, 0.25) is 0 Å². The van der Waals surface area contributed by atoms with Gasteiger partial charge in [-0.25, -0.2) is 4.79 Å². The van der Waals surface area contributed by atoms with E-state index in [1.807, 2.05) is 0 Å². The topological polar surface area (TPSA) is 38.3 Å². The molecule has 0 aromatic heterocycles. The summed E-state index contributed by atoms with van der Waals surface area (Å²) in [5.41, 5.74) is -0.291. The number of nitrogens with one attached hydrogen (secondary N) is 1. The third-order valence-corrected chi connectivity index (χ3v) is 3.52. The van der Waals surface area contributed by atoms with Gasteiger partial charge in [-0.2, -0.15) is 0 Å². The number of carbonyl (C=O) groups is 1. The van der Waals surface area contributed by atoms with Crippen LogP contribution in [0.1, 0.15) is 19.4 Å². The average molecular weight is 302 g/mol. The van der Waals surface area contributed by atoms with Crippen molar-refractivity contribution < 1.29 is 9.53 Å². The SMILES string of the molecule is C=CCNC(C)(C(=O)OCC)c1ccc(Cl)c(Cl)c1. The number of benzene rings is 1. The fraction of sp³-hybridized carbons (Fsp3) is 0.357. The van der Waals surface area contributed by atoms with E-state index in [0.29, 0.717) is 28.8 Å². The van der Waals surface area contributed by atoms with Gasteiger partial charge in [0.1, 0.15) is 5.54 Å². The second kappa shape index (κ2) is 6.94. The fourth-order valence-corrected chi connectivity index (χ4v) is 1.95. The molecule has 0 spiro atoms. The summed E-state index contributed by atoms with van der Waals surface area (Å²) in [7, 11) is 0. The molecule has 0 aliphatic heterocycles. The molecule has 1 aromatic rings. The minimum Gasteiger partial charge on any atom is -0.464 e. The van der Waals surface area contributed by atoms with Crippen molar-refractivity contribution in [2.75, 3.05) is 13.2 Å². The van der Waals surface area contributed by atoms with Gasteiger partial charge in [0.05, 0.1) is 16.7 Å². The molecule has 0 bridgehead atoms. The van der Waals surface area contributed by atoms with Crippen LogP contribution < -0.4 is 5.32 Å². The quantitative estimate of drug-likeness (QED) is 0.645. The van der Waals surface area contributed by atoms with E-state index in [4.69, 9.17) is 27.9 Å². The average Bonchev–Trinajstić information content (AvgIpc) is 2.39. The van der Waals surface area contributed by atoms with Crippen molar-refractivity contribution >= 4 is 29.2 Å². The minimum atomic E-state index is -0.988. The third-order valence-electron chi connectivity index (χ3n) is 2.78. The Morgan fingerprint density at radius 1 is 1.47 bits per heavy atom. The molecule has 0 aliphatic rings. The Labute approximate surface area is 123 Å². The predicted molar refractivity (Wildman–Crippen MR) is 78.6 cm³/mol. The summed E-state index contributed by atoms with van der Waals surface area (Å²) in [5, 5.41) is 3.94. The van der Waals surface area contributed by atoms with Crippen molar-refractivity contribution in [2.24, 2.45) is 0 Å². The molecule has 0 saturated carbocycles. The van der Waals surface area contributed by atoms with Crippen LogP contribution in [0.4, 0.5) is 0 Å². The van der Waals surface area contributed by atoms with Gasteiger partial charge in [-0.3, -0.25) is 5.32 Å². The largest absolute Gasteiger partial charge is 0.464 e. The number of halogens is 2. The molecule has 0 fully saturated rings. The molecular formula is C14H17Cl2NO2. The van der Waals surface area contributed by atoms with E-state index in [2.05, 4.69) is 11.9 Å². The van der Waals surface area contributed by atoms with E-state index in [1.165, 1.54) is 0 Å². The standard InChI is InChI=1S/C14H17Cl2NO2/c1-4-8-17-14(3,13(18)19-5-2)10-6-7-11(15)12(16)9-10/h4,6-7,9,17H,1,5,8H2,2-3H3. The Balaban J connectivity index is 3.17. The third kappa shape index (κ3) is 3.72. The van der Waals surface area contributed by atoms with Gasteiger partial charge in [0, 0.05) is 6.54 Å². The Bertz CT molecular complexity index is 477. The number of hydrogen-bond acceptors (Lipinski definition) is 3. The maximum Gasteiger partial charge on any atom is 0.330 e. The molecule has 0 radical (unpaired) electrons. The van der Waals surface area contributed by atoms with Crippen LogP contribution >= 0.6 is 23.2 Å². The van der Waals surface area contributed by atoms with E-state index >= 15 is 0 Å². The van der Waals surface area contributed by atoms with Crippen LogP contribution in [0.2, 0.25) is 10.0 Å². The molecule has 19 heavy (non-hydrogen) atoms. The molecule has 1 rings (SSSR count). The summed E-state index contributed by atoms with van der Waals surface area (Å²) >= 11 is 11.9. The van der Waals surface area contributed by atoms with Crippen LogP contribution in [0.3, 0.4) is 0 Å². The smallest absolute Gasteiger partial charge is 0.330 e. The highest BCUT2D eigenvalue weighted by molar-refractivity contribution is 6.42. The molecule has 1 atom stereocenters. The lowest BCUT2D eigenvalue weighted by atomic mass is 9.92. The molecular weight excluding hydrogens is 285 g/mol. The van der Waals surface area contributed by atoms with Gasteiger partial charge >= 0.3 is 5.97 Å². The Morgan fingerprint density at radius 3 is 2.68 bits per heavy atom. The van der Waals surface area contributed by atoms with Crippen molar-refractivity contribution in [1.82, 2.24) is 5.32 Å².